The number of morpholine rings is 1. The number of aliphatic hydroxyl groups excluding tert-OH is 1. The molecule has 0 saturated carbocycles. The van der Waals surface area contributed by atoms with Crippen molar-refractivity contribution in [3.05, 3.63) is 35.9 Å². The molecule has 6 nitrogen and oxygen atoms in total. The predicted molar refractivity (Wildman–Crippen MR) is 105 cm³/mol. The first kappa shape index (κ1) is 21.8. The molecule has 1 aromatic carbocycles. The minimum Gasteiger partial charge on any atom is -0.389 e. The number of benzene rings is 1. The first-order valence-electron chi connectivity index (χ1n) is 9.64. The van der Waals surface area contributed by atoms with Gasteiger partial charge in [0, 0.05) is 6.92 Å². The molecule has 6 heteroatoms. The maximum atomic E-state index is 11.6. The summed E-state index contributed by atoms with van der Waals surface area (Å²) in [7, 11) is 0. The summed E-state index contributed by atoms with van der Waals surface area (Å²) < 4.78 is 11.7. The van der Waals surface area contributed by atoms with Gasteiger partial charge in [0.25, 0.3) is 0 Å². The molecule has 2 rings (SSSR count). The average molecular weight is 379 g/mol. The summed E-state index contributed by atoms with van der Waals surface area (Å²) in [5, 5.41) is 17.2. The molecule has 1 saturated heterocycles. The molecule has 152 valence electrons. The Kier molecular flexibility index (Phi) is 7.79. The Hall–Kier alpha value is -1.47. The van der Waals surface area contributed by atoms with Crippen LogP contribution < -0.4 is 10.6 Å². The number of hydrogen-bond donors (Lipinski definition) is 3. The number of nitrogens with one attached hydrogen (secondary N) is 2. The summed E-state index contributed by atoms with van der Waals surface area (Å²) in [6.45, 7) is 10.7. The third kappa shape index (κ3) is 7.22. The molecular weight excluding hydrogens is 344 g/mol. The van der Waals surface area contributed by atoms with E-state index in [0.29, 0.717) is 19.6 Å². The van der Waals surface area contributed by atoms with Gasteiger partial charge in [-0.15, -0.1) is 0 Å². The Balaban J connectivity index is 1.97. The largest absolute Gasteiger partial charge is 0.389 e. The number of carbonyl (C=O) groups is 1. The Morgan fingerprint density at radius 2 is 2.04 bits per heavy atom. The summed E-state index contributed by atoms with van der Waals surface area (Å²) in [6, 6.07) is 9.09. The maximum Gasteiger partial charge on any atom is 0.217 e. The quantitative estimate of drug-likeness (QED) is 0.675. The van der Waals surface area contributed by atoms with Gasteiger partial charge in [-0.3, -0.25) is 4.79 Å². The Bertz CT molecular complexity index is 588. The summed E-state index contributed by atoms with van der Waals surface area (Å²) >= 11 is 0. The zero-order valence-electron chi connectivity index (χ0n) is 17.1. The number of ether oxygens (including phenoxy) is 2. The minimum atomic E-state index is -0.778. The van der Waals surface area contributed by atoms with Gasteiger partial charge in [-0.2, -0.15) is 0 Å². The van der Waals surface area contributed by atoms with Crippen molar-refractivity contribution in [1.29, 1.82) is 0 Å². The van der Waals surface area contributed by atoms with Gasteiger partial charge in [0.1, 0.15) is 0 Å². The number of hydrogen-bond acceptors (Lipinski definition) is 5. The van der Waals surface area contributed by atoms with Crippen molar-refractivity contribution in [2.75, 3.05) is 13.2 Å². The van der Waals surface area contributed by atoms with Gasteiger partial charge in [-0.1, -0.05) is 51.1 Å². The van der Waals surface area contributed by atoms with Crippen LogP contribution in [0, 0.1) is 5.41 Å². The summed E-state index contributed by atoms with van der Waals surface area (Å²) in [4.78, 5) is 11.6. The SMILES string of the molecule is CC(=O)NC(Cc1ccccc1)C(O)C1COC(OCC(C)(C)C)C(C)N1. The molecule has 27 heavy (non-hydrogen) atoms. The predicted octanol–water partition coefficient (Wildman–Crippen LogP) is 1.86. The molecule has 1 aromatic rings. The van der Waals surface area contributed by atoms with Crippen molar-refractivity contribution in [3.8, 4) is 0 Å². The lowest BCUT2D eigenvalue weighted by molar-refractivity contribution is -0.201. The van der Waals surface area contributed by atoms with E-state index in [9.17, 15) is 9.90 Å². The third-order valence-corrected chi connectivity index (χ3v) is 4.52. The van der Waals surface area contributed by atoms with E-state index in [2.05, 4.69) is 31.4 Å². The van der Waals surface area contributed by atoms with E-state index in [1.165, 1.54) is 6.92 Å². The summed E-state index contributed by atoms with van der Waals surface area (Å²) in [6.07, 6.45) is -0.570. The molecule has 1 aliphatic heterocycles. The van der Waals surface area contributed by atoms with Crippen molar-refractivity contribution < 1.29 is 19.4 Å². The van der Waals surface area contributed by atoms with Crippen LogP contribution in [0.15, 0.2) is 30.3 Å². The third-order valence-electron chi connectivity index (χ3n) is 4.52. The standard InChI is InChI=1S/C21H34N2O4/c1-14-20(27-13-21(3,4)5)26-12-18(22-14)19(25)17(23-15(2)24)11-16-9-7-6-8-10-16/h6-10,14,17-20,22,25H,11-13H2,1-5H3,(H,23,24). The van der Waals surface area contributed by atoms with Gasteiger partial charge in [-0.25, -0.2) is 0 Å². The highest BCUT2D eigenvalue weighted by Crippen LogP contribution is 2.19. The van der Waals surface area contributed by atoms with E-state index in [1.54, 1.807) is 0 Å². The lowest BCUT2D eigenvalue weighted by atomic mass is 9.95. The highest BCUT2D eigenvalue weighted by atomic mass is 16.7. The van der Waals surface area contributed by atoms with Crippen molar-refractivity contribution >= 4 is 5.91 Å². The number of aliphatic hydroxyl groups is 1. The van der Waals surface area contributed by atoms with E-state index < -0.39 is 12.1 Å². The van der Waals surface area contributed by atoms with Crippen LogP contribution in [-0.2, 0) is 20.7 Å². The molecule has 5 unspecified atom stereocenters. The maximum absolute atomic E-state index is 11.6. The molecule has 1 heterocycles. The van der Waals surface area contributed by atoms with Gasteiger partial charge in [0.05, 0.1) is 37.4 Å². The van der Waals surface area contributed by atoms with Crippen LogP contribution in [0.5, 0.6) is 0 Å². The van der Waals surface area contributed by atoms with Crippen LogP contribution in [0.2, 0.25) is 0 Å². The van der Waals surface area contributed by atoms with Crippen LogP contribution in [0.3, 0.4) is 0 Å². The molecule has 0 aromatic heterocycles. The van der Waals surface area contributed by atoms with E-state index in [4.69, 9.17) is 9.47 Å². The van der Waals surface area contributed by atoms with Crippen LogP contribution in [-0.4, -0.2) is 54.7 Å². The molecule has 0 spiro atoms. The van der Waals surface area contributed by atoms with E-state index in [1.807, 2.05) is 37.3 Å². The molecule has 3 N–H and O–H groups in total. The molecular formula is C21H34N2O4. The fourth-order valence-corrected chi connectivity index (χ4v) is 3.20. The fourth-order valence-electron chi connectivity index (χ4n) is 3.20. The van der Waals surface area contributed by atoms with Gasteiger partial charge in [0.2, 0.25) is 5.91 Å². The lowest BCUT2D eigenvalue weighted by Crippen LogP contribution is -2.62. The van der Waals surface area contributed by atoms with Gasteiger partial charge in [-0.05, 0) is 24.3 Å². The summed E-state index contributed by atoms with van der Waals surface area (Å²) in [5.41, 5.74) is 1.12. The topological polar surface area (TPSA) is 79.8 Å². The van der Waals surface area contributed by atoms with Gasteiger partial charge in [0.15, 0.2) is 6.29 Å². The van der Waals surface area contributed by atoms with Gasteiger partial charge < -0.3 is 25.2 Å². The van der Waals surface area contributed by atoms with Crippen molar-refractivity contribution in [1.82, 2.24) is 10.6 Å². The van der Waals surface area contributed by atoms with Crippen LogP contribution >= 0.6 is 0 Å². The molecule has 0 bridgehead atoms. The van der Waals surface area contributed by atoms with Crippen LogP contribution in [0.1, 0.15) is 40.2 Å². The molecule has 1 amide bonds. The number of carbonyl (C=O) groups excluding carboxylic acids is 1. The van der Waals surface area contributed by atoms with Gasteiger partial charge >= 0.3 is 0 Å². The molecule has 0 radical (unpaired) electrons. The molecule has 1 fully saturated rings. The van der Waals surface area contributed by atoms with Crippen LogP contribution in [0.25, 0.3) is 0 Å². The zero-order chi connectivity index (χ0) is 20.0. The number of amides is 1. The van der Waals surface area contributed by atoms with Crippen molar-refractivity contribution in [3.63, 3.8) is 0 Å². The highest BCUT2D eigenvalue weighted by molar-refractivity contribution is 5.73. The number of rotatable bonds is 7. The van der Waals surface area contributed by atoms with E-state index in [-0.39, 0.29) is 29.7 Å². The second-order valence-corrected chi connectivity index (χ2v) is 8.62. The summed E-state index contributed by atoms with van der Waals surface area (Å²) in [5.74, 6) is -0.161. The molecule has 1 aliphatic rings. The fraction of sp³-hybridized carbons (Fsp3) is 0.667. The minimum absolute atomic E-state index is 0.0598. The lowest BCUT2D eigenvalue weighted by Gasteiger charge is -2.40. The van der Waals surface area contributed by atoms with Crippen molar-refractivity contribution in [2.24, 2.45) is 5.41 Å². The Labute approximate surface area is 162 Å². The van der Waals surface area contributed by atoms with Crippen molar-refractivity contribution in [2.45, 2.75) is 71.6 Å². The highest BCUT2D eigenvalue weighted by Gasteiger charge is 2.36. The van der Waals surface area contributed by atoms with E-state index in [0.717, 1.165) is 5.56 Å². The molecule has 5 atom stereocenters. The molecule has 0 aliphatic carbocycles. The average Bonchev–Trinajstić information content (AvgIpc) is 2.59. The zero-order valence-corrected chi connectivity index (χ0v) is 17.1. The monoisotopic (exact) mass is 378 g/mol. The Morgan fingerprint density at radius 3 is 2.59 bits per heavy atom. The van der Waals surface area contributed by atoms with Crippen LogP contribution in [0.4, 0.5) is 0 Å². The first-order chi connectivity index (χ1) is 12.7. The van der Waals surface area contributed by atoms with E-state index >= 15 is 0 Å². The Morgan fingerprint density at radius 1 is 1.37 bits per heavy atom. The normalized spacial score (nSPS) is 25.6. The smallest absolute Gasteiger partial charge is 0.217 e. The second kappa shape index (κ2) is 9.64. The first-order valence-corrected chi connectivity index (χ1v) is 9.64. The second-order valence-electron chi connectivity index (χ2n) is 8.62.